The molecule has 0 saturated carbocycles. The second kappa shape index (κ2) is 9.70. The average molecular weight is 290 g/mol. The van der Waals surface area contributed by atoms with E-state index in [1.807, 2.05) is 0 Å². The first-order chi connectivity index (χ1) is 10.4. The first-order valence-electron chi connectivity index (χ1n) is 8.78. The highest BCUT2D eigenvalue weighted by atomic mass is 16.5. The SMILES string of the molecule is CCCCc1cc2ccc1OCCCCCCCCCO2. The molecule has 0 saturated heterocycles. The maximum absolute atomic E-state index is 6.01. The van der Waals surface area contributed by atoms with E-state index in [4.69, 9.17) is 9.47 Å². The van der Waals surface area contributed by atoms with Crippen molar-refractivity contribution in [2.75, 3.05) is 13.2 Å². The molecular formula is C19H30O2. The van der Waals surface area contributed by atoms with Gasteiger partial charge >= 0.3 is 0 Å². The van der Waals surface area contributed by atoms with E-state index in [2.05, 4.69) is 25.1 Å². The molecule has 0 aromatic heterocycles. The Bertz CT molecular complexity index is 401. The zero-order chi connectivity index (χ0) is 14.8. The highest BCUT2D eigenvalue weighted by Gasteiger charge is 2.07. The molecule has 1 aromatic rings. The number of benzene rings is 1. The maximum Gasteiger partial charge on any atom is 0.122 e. The summed E-state index contributed by atoms with van der Waals surface area (Å²) in [7, 11) is 0. The predicted octanol–water partition coefficient (Wildman–Crippen LogP) is 5.53. The van der Waals surface area contributed by atoms with Crippen LogP contribution in [0.2, 0.25) is 0 Å². The molecule has 2 aliphatic rings. The zero-order valence-electron chi connectivity index (χ0n) is 13.5. The van der Waals surface area contributed by atoms with Crippen LogP contribution in [0.4, 0.5) is 0 Å². The number of unbranched alkanes of at least 4 members (excludes halogenated alkanes) is 1. The van der Waals surface area contributed by atoms with E-state index in [0.717, 1.165) is 31.1 Å². The summed E-state index contributed by atoms with van der Waals surface area (Å²) in [6, 6.07) is 6.34. The molecule has 118 valence electrons. The van der Waals surface area contributed by atoms with Crippen LogP contribution in [0.3, 0.4) is 0 Å². The second-order valence-electron chi connectivity index (χ2n) is 6.04. The Morgan fingerprint density at radius 2 is 1.52 bits per heavy atom. The van der Waals surface area contributed by atoms with Crippen LogP contribution in [0.25, 0.3) is 0 Å². The van der Waals surface area contributed by atoms with Gasteiger partial charge < -0.3 is 9.47 Å². The van der Waals surface area contributed by atoms with Gasteiger partial charge in [0.15, 0.2) is 0 Å². The number of fused-ring (bicyclic) bond motifs is 12. The van der Waals surface area contributed by atoms with Gasteiger partial charge in [0.2, 0.25) is 0 Å². The van der Waals surface area contributed by atoms with E-state index >= 15 is 0 Å². The molecule has 0 unspecified atom stereocenters. The van der Waals surface area contributed by atoms with Crippen molar-refractivity contribution in [1.29, 1.82) is 0 Å². The highest BCUT2D eigenvalue weighted by Crippen LogP contribution is 2.27. The van der Waals surface area contributed by atoms with Crippen molar-refractivity contribution in [3.8, 4) is 11.5 Å². The van der Waals surface area contributed by atoms with Gasteiger partial charge in [0.25, 0.3) is 0 Å². The summed E-state index contributed by atoms with van der Waals surface area (Å²) in [6.07, 6.45) is 12.5. The lowest BCUT2D eigenvalue weighted by atomic mass is 10.1. The molecule has 0 amide bonds. The zero-order valence-corrected chi connectivity index (χ0v) is 13.5. The molecule has 1 aromatic carbocycles. The van der Waals surface area contributed by atoms with Gasteiger partial charge in [0.1, 0.15) is 11.5 Å². The monoisotopic (exact) mass is 290 g/mol. The van der Waals surface area contributed by atoms with Gasteiger partial charge in [0.05, 0.1) is 13.2 Å². The predicted molar refractivity (Wildman–Crippen MR) is 88.4 cm³/mol. The van der Waals surface area contributed by atoms with E-state index in [0.29, 0.717) is 0 Å². The fourth-order valence-corrected chi connectivity index (χ4v) is 2.81. The Balaban J connectivity index is 2.03. The lowest BCUT2D eigenvalue weighted by Crippen LogP contribution is -2.02. The van der Waals surface area contributed by atoms with E-state index in [1.54, 1.807) is 0 Å². The van der Waals surface area contributed by atoms with Crippen LogP contribution in [-0.2, 0) is 6.42 Å². The molecule has 0 spiro atoms. The van der Waals surface area contributed by atoms with Gasteiger partial charge in [-0.05, 0) is 49.4 Å². The number of ether oxygens (including phenoxy) is 2. The van der Waals surface area contributed by atoms with Crippen LogP contribution in [0.5, 0.6) is 11.5 Å². The summed E-state index contributed by atoms with van der Waals surface area (Å²) in [4.78, 5) is 0. The molecule has 2 heteroatoms. The van der Waals surface area contributed by atoms with Gasteiger partial charge in [-0.3, -0.25) is 0 Å². The van der Waals surface area contributed by atoms with E-state index in [1.165, 1.54) is 63.4 Å². The molecule has 0 atom stereocenters. The molecule has 2 bridgehead atoms. The Morgan fingerprint density at radius 1 is 0.857 bits per heavy atom. The first kappa shape index (κ1) is 16.2. The largest absolute Gasteiger partial charge is 0.494 e. The number of rotatable bonds is 3. The molecule has 0 radical (unpaired) electrons. The Hall–Kier alpha value is -1.18. The van der Waals surface area contributed by atoms with E-state index in [-0.39, 0.29) is 0 Å². The van der Waals surface area contributed by atoms with Crippen molar-refractivity contribution >= 4 is 0 Å². The fourth-order valence-electron chi connectivity index (χ4n) is 2.81. The summed E-state index contributed by atoms with van der Waals surface area (Å²) in [5, 5.41) is 0. The molecule has 21 heavy (non-hydrogen) atoms. The average Bonchev–Trinajstić information content (AvgIpc) is 2.52. The van der Waals surface area contributed by atoms with Crippen LogP contribution < -0.4 is 9.47 Å². The minimum atomic E-state index is 0.841. The van der Waals surface area contributed by atoms with Gasteiger partial charge in [-0.1, -0.05) is 45.4 Å². The molecule has 0 aliphatic carbocycles. The standard InChI is InChI=1S/C19H30O2/c1-2-3-11-17-16-18-12-13-19(17)21-15-10-8-6-4-5-7-9-14-20-18/h12-13,16H,2-11,14-15H2,1H3. The summed E-state index contributed by atoms with van der Waals surface area (Å²) < 4.78 is 11.9. The quantitative estimate of drug-likeness (QED) is 0.728. The molecule has 0 fully saturated rings. The second-order valence-corrected chi connectivity index (χ2v) is 6.04. The lowest BCUT2D eigenvalue weighted by molar-refractivity contribution is 0.298. The third kappa shape index (κ3) is 5.99. The molecule has 2 aliphatic heterocycles. The van der Waals surface area contributed by atoms with Crippen molar-refractivity contribution < 1.29 is 9.47 Å². The smallest absolute Gasteiger partial charge is 0.122 e. The Kier molecular flexibility index (Phi) is 7.48. The Morgan fingerprint density at radius 3 is 2.24 bits per heavy atom. The van der Waals surface area contributed by atoms with Crippen molar-refractivity contribution in [3.05, 3.63) is 23.8 Å². The molecule has 0 N–H and O–H groups in total. The molecule has 2 heterocycles. The van der Waals surface area contributed by atoms with Gasteiger partial charge in [-0.15, -0.1) is 0 Å². The van der Waals surface area contributed by atoms with Gasteiger partial charge in [-0.25, -0.2) is 0 Å². The summed E-state index contributed by atoms with van der Waals surface area (Å²) >= 11 is 0. The van der Waals surface area contributed by atoms with Crippen LogP contribution in [0.1, 0.15) is 70.3 Å². The highest BCUT2D eigenvalue weighted by molar-refractivity contribution is 5.40. The van der Waals surface area contributed by atoms with Crippen molar-refractivity contribution in [3.63, 3.8) is 0 Å². The number of aryl methyl sites for hydroxylation is 1. The molecule has 3 rings (SSSR count). The van der Waals surface area contributed by atoms with Gasteiger partial charge in [-0.2, -0.15) is 0 Å². The third-order valence-electron chi connectivity index (χ3n) is 4.15. The lowest BCUT2D eigenvalue weighted by Gasteiger charge is -2.13. The molecule has 2 nitrogen and oxygen atoms in total. The maximum atomic E-state index is 6.01. The van der Waals surface area contributed by atoms with Crippen LogP contribution >= 0.6 is 0 Å². The van der Waals surface area contributed by atoms with E-state index in [9.17, 15) is 0 Å². The summed E-state index contributed by atoms with van der Waals surface area (Å²) in [5.74, 6) is 2.06. The Labute approximate surface area is 129 Å². The normalized spacial score (nSPS) is 17.4. The van der Waals surface area contributed by atoms with Crippen molar-refractivity contribution in [2.24, 2.45) is 0 Å². The first-order valence-corrected chi connectivity index (χ1v) is 8.78. The molecular weight excluding hydrogens is 260 g/mol. The number of hydrogen-bond donors (Lipinski definition) is 0. The van der Waals surface area contributed by atoms with Crippen LogP contribution in [0.15, 0.2) is 18.2 Å². The third-order valence-corrected chi connectivity index (χ3v) is 4.15. The van der Waals surface area contributed by atoms with Gasteiger partial charge in [0, 0.05) is 0 Å². The fraction of sp³-hybridized carbons (Fsp3) is 0.684. The topological polar surface area (TPSA) is 18.5 Å². The minimum Gasteiger partial charge on any atom is -0.494 e. The van der Waals surface area contributed by atoms with Crippen molar-refractivity contribution in [2.45, 2.75) is 71.1 Å². The van der Waals surface area contributed by atoms with Crippen LogP contribution in [-0.4, -0.2) is 13.2 Å². The summed E-state index contributed by atoms with van der Waals surface area (Å²) in [6.45, 7) is 3.92. The number of hydrogen-bond acceptors (Lipinski definition) is 2. The van der Waals surface area contributed by atoms with Crippen LogP contribution in [0, 0.1) is 0 Å². The van der Waals surface area contributed by atoms with E-state index < -0.39 is 0 Å². The summed E-state index contributed by atoms with van der Waals surface area (Å²) in [5.41, 5.74) is 1.31. The minimum absolute atomic E-state index is 0.841. The van der Waals surface area contributed by atoms with Crippen molar-refractivity contribution in [1.82, 2.24) is 0 Å².